The zero-order valence-corrected chi connectivity index (χ0v) is 14.5. The maximum Gasteiger partial charge on any atom is 0.255 e. The van der Waals surface area contributed by atoms with Crippen molar-refractivity contribution in [2.75, 3.05) is 20.2 Å². The van der Waals surface area contributed by atoms with Gasteiger partial charge in [0.2, 0.25) is 0 Å². The first-order valence-electron chi connectivity index (χ1n) is 8.40. The van der Waals surface area contributed by atoms with E-state index >= 15 is 0 Å². The number of aryl methyl sites for hydroxylation is 2. The van der Waals surface area contributed by atoms with E-state index < -0.39 is 0 Å². The van der Waals surface area contributed by atoms with Gasteiger partial charge in [0.1, 0.15) is 0 Å². The number of ether oxygens (including phenoxy) is 1. The van der Waals surface area contributed by atoms with Gasteiger partial charge in [0.05, 0.1) is 17.4 Å². The zero-order valence-electron chi connectivity index (χ0n) is 14.5. The van der Waals surface area contributed by atoms with Crippen molar-refractivity contribution in [2.45, 2.75) is 39.2 Å². The van der Waals surface area contributed by atoms with Gasteiger partial charge < -0.3 is 9.64 Å². The quantitative estimate of drug-likeness (QED) is 0.869. The topological polar surface area (TPSA) is 60.2 Å². The van der Waals surface area contributed by atoms with Crippen LogP contribution in [0.1, 0.15) is 41.0 Å². The van der Waals surface area contributed by atoms with Crippen LogP contribution in [0.5, 0.6) is 0 Å². The van der Waals surface area contributed by atoms with Crippen molar-refractivity contribution in [1.29, 1.82) is 0 Å². The Labute approximate surface area is 142 Å². The van der Waals surface area contributed by atoms with Crippen molar-refractivity contribution in [3.63, 3.8) is 0 Å². The molecule has 1 aliphatic heterocycles. The van der Waals surface area contributed by atoms with E-state index in [0.29, 0.717) is 5.56 Å². The number of hydrogen-bond acceptors (Lipinski definition) is 4. The van der Waals surface area contributed by atoms with E-state index in [1.54, 1.807) is 18.0 Å². The van der Waals surface area contributed by atoms with Crippen LogP contribution < -0.4 is 0 Å². The third-order valence-corrected chi connectivity index (χ3v) is 4.52. The number of nitrogens with zero attached hydrogens (tertiary/aromatic N) is 4. The predicted molar refractivity (Wildman–Crippen MR) is 91.4 cm³/mol. The second-order valence-electron chi connectivity index (χ2n) is 6.32. The number of methoxy groups -OCH3 is 1. The van der Waals surface area contributed by atoms with Gasteiger partial charge in [-0.15, -0.1) is 0 Å². The molecule has 0 bridgehead atoms. The minimum Gasteiger partial charge on any atom is -0.381 e. The molecule has 24 heavy (non-hydrogen) atoms. The SMILES string of the molecule is COC1CCCN(C(=O)c2ccc(-n3nc(C)cc3C)nc2)CC1. The number of hydrogen-bond donors (Lipinski definition) is 0. The molecule has 128 valence electrons. The molecule has 0 spiro atoms. The monoisotopic (exact) mass is 328 g/mol. The number of aromatic nitrogens is 3. The van der Waals surface area contributed by atoms with Crippen LogP contribution in [0.15, 0.2) is 24.4 Å². The summed E-state index contributed by atoms with van der Waals surface area (Å²) in [7, 11) is 1.74. The van der Waals surface area contributed by atoms with Crippen molar-refractivity contribution in [2.24, 2.45) is 0 Å². The molecule has 0 saturated carbocycles. The maximum atomic E-state index is 12.7. The smallest absolute Gasteiger partial charge is 0.255 e. The predicted octanol–water partition coefficient (Wildman–Crippen LogP) is 2.53. The summed E-state index contributed by atoms with van der Waals surface area (Å²) in [4.78, 5) is 19.0. The van der Waals surface area contributed by atoms with Crippen molar-refractivity contribution in [3.8, 4) is 5.82 Å². The van der Waals surface area contributed by atoms with Gasteiger partial charge in [0, 0.05) is 32.1 Å². The third kappa shape index (κ3) is 3.48. The molecular weight excluding hydrogens is 304 g/mol. The minimum atomic E-state index is 0.0409. The van der Waals surface area contributed by atoms with Gasteiger partial charge in [-0.1, -0.05) is 0 Å². The first-order chi connectivity index (χ1) is 11.6. The van der Waals surface area contributed by atoms with Crippen LogP contribution in [-0.2, 0) is 4.74 Å². The van der Waals surface area contributed by atoms with E-state index in [-0.39, 0.29) is 12.0 Å². The molecule has 1 aliphatic rings. The van der Waals surface area contributed by atoms with Gasteiger partial charge >= 0.3 is 0 Å². The molecule has 2 aromatic rings. The highest BCUT2D eigenvalue weighted by Gasteiger charge is 2.21. The lowest BCUT2D eigenvalue weighted by molar-refractivity contribution is 0.0723. The van der Waals surface area contributed by atoms with Gasteiger partial charge in [-0.25, -0.2) is 9.67 Å². The van der Waals surface area contributed by atoms with Gasteiger partial charge in [-0.05, 0) is 51.3 Å². The lowest BCUT2D eigenvalue weighted by Gasteiger charge is -2.20. The van der Waals surface area contributed by atoms with Gasteiger partial charge in [0.25, 0.3) is 5.91 Å². The summed E-state index contributed by atoms with van der Waals surface area (Å²) in [5, 5.41) is 4.42. The number of amides is 1. The molecule has 2 aromatic heterocycles. The molecule has 6 heteroatoms. The van der Waals surface area contributed by atoms with E-state index in [2.05, 4.69) is 10.1 Å². The molecule has 0 aromatic carbocycles. The van der Waals surface area contributed by atoms with Gasteiger partial charge in [-0.3, -0.25) is 4.79 Å². The molecule has 1 saturated heterocycles. The van der Waals surface area contributed by atoms with Crippen LogP contribution in [0, 0.1) is 13.8 Å². The minimum absolute atomic E-state index is 0.0409. The molecule has 0 N–H and O–H groups in total. The summed E-state index contributed by atoms with van der Waals surface area (Å²) >= 11 is 0. The Morgan fingerprint density at radius 2 is 2.08 bits per heavy atom. The summed E-state index contributed by atoms with van der Waals surface area (Å²) in [6.45, 7) is 5.45. The maximum absolute atomic E-state index is 12.7. The molecule has 1 unspecified atom stereocenters. The Morgan fingerprint density at radius 1 is 1.25 bits per heavy atom. The lowest BCUT2D eigenvalue weighted by atomic mass is 10.2. The van der Waals surface area contributed by atoms with E-state index in [1.165, 1.54) is 0 Å². The number of likely N-dealkylation sites (tertiary alicyclic amines) is 1. The first kappa shape index (κ1) is 16.6. The zero-order chi connectivity index (χ0) is 17.1. The van der Waals surface area contributed by atoms with Crippen molar-refractivity contribution in [1.82, 2.24) is 19.7 Å². The summed E-state index contributed by atoms with van der Waals surface area (Å²) in [6, 6.07) is 5.69. The van der Waals surface area contributed by atoms with E-state index in [1.807, 2.05) is 36.9 Å². The second-order valence-corrected chi connectivity index (χ2v) is 6.32. The molecular formula is C18H24N4O2. The van der Waals surface area contributed by atoms with Crippen LogP contribution in [-0.4, -0.2) is 51.9 Å². The summed E-state index contributed by atoms with van der Waals surface area (Å²) in [5.41, 5.74) is 2.60. The lowest BCUT2D eigenvalue weighted by Crippen LogP contribution is -2.32. The average Bonchev–Trinajstić information content (AvgIpc) is 2.79. The second kappa shape index (κ2) is 7.13. The summed E-state index contributed by atoms with van der Waals surface area (Å²) < 4.78 is 7.21. The average molecular weight is 328 g/mol. The van der Waals surface area contributed by atoms with Crippen LogP contribution in [0.25, 0.3) is 5.82 Å². The van der Waals surface area contributed by atoms with E-state index in [4.69, 9.17) is 4.74 Å². The van der Waals surface area contributed by atoms with E-state index in [0.717, 1.165) is 49.6 Å². The number of carbonyl (C=O) groups excluding carboxylic acids is 1. The Morgan fingerprint density at radius 3 is 2.71 bits per heavy atom. The van der Waals surface area contributed by atoms with Crippen molar-refractivity contribution < 1.29 is 9.53 Å². The van der Waals surface area contributed by atoms with Gasteiger partial charge in [0.15, 0.2) is 5.82 Å². The fourth-order valence-electron chi connectivity index (χ4n) is 3.19. The standard InChI is InChI=1S/C18H24N4O2/c1-13-11-14(2)22(20-13)17-7-6-15(12-19-17)18(23)21-9-4-5-16(24-3)8-10-21/h6-7,11-12,16H,4-5,8-10H2,1-3H3. The third-order valence-electron chi connectivity index (χ3n) is 4.52. The summed E-state index contributed by atoms with van der Waals surface area (Å²) in [6.07, 6.45) is 4.78. The highest BCUT2D eigenvalue weighted by molar-refractivity contribution is 5.94. The van der Waals surface area contributed by atoms with Crippen LogP contribution in [0.2, 0.25) is 0 Å². The molecule has 6 nitrogen and oxygen atoms in total. The Hall–Kier alpha value is -2.21. The normalized spacial score (nSPS) is 18.5. The largest absolute Gasteiger partial charge is 0.381 e. The summed E-state index contributed by atoms with van der Waals surface area (Å²) in [5.74, 6) is 0.770. The fraction of sp³-hybridized carbons (Fsp3) is 0.500. The molecule has 0 aliphatic carbocycles. The Kier molecular flexibility index (Phi) is 4.94. The molecule has 0 radical (unpaired) electrons. The Bertz CT molecular complexity index is 708. The Balaban J connectivity index is 1.73. The first-order valence-corrected chi connectivity index (χ1v) is 8.40. The molecule has 1 fully saturated rings. The highest BCUT2D eigenvalue weighted by Crippen LogP contribution is 2.16. The van der Waals surface area contributed by atoms with E-state index in [9.17, 15) is 4.79 Å². The van der Waals surface area contributed by atoms with Gasteiger partial charge in [-0.2, -0.15) is 5.10 Å². The number of rotatable bonds is 3. The van der Waals surface area contributed by atoms with Crippen molar-refractivity contribution >= 4 is 5.91 Å². The molecule has 1 atom stereocenters. The highest BCUT2D eigenvalue weighted by atomic mass is 16.5. The van der Waals surface area contributed by atoms with Crippen molar-refractivity contribution in [3.05, 3.63) is 41.3 Å². The number of carbonyl (C=O) groups is 1. The fourth-order valence-corrected chi connectivity index (χ4v) is 3.19. The molecule has 3 rings (SSSR count). The molecule has 3 heterocycles. The van der Waals surface area contributed by atoms with Crippen LogP contribution in [0.4, 0.5) is 0 Å². The van der Waals surface area contributed by atoms with Crippen LogP contribution in [0.3, 0.4) is 0 Å². The number of pyridine rings is 1. The van der Waals surface area contributed by atoms with Crippen LogP contribution >= 0.6 is 0 Å². The molecule has 1 amide bonds.